The number of hydrogen-bond donors (Lipinski definition) is 1. The first-order chi connectivity index (χ1) is 11.9. The second-order valence-corrected chi connectivity index (χ2v) is 7.10. The minimum Gasteiger partial charge on any atom is -0.444 e. The molecule has 3 rings (SSSR count). The van der Waals surface area contributed by atoms with Gasteiger partial charge in [-0.1, -0.05) is 5.16 Å². The number of ether oxygens (including phenoxy) is 1. The molecule has 134 valence electrons. The zero-order valence-electron chi connectivity index (χ0n) is 15.1. The molecule has 2 aromatic heterocycles. The lowest BCUT2D eigenvalue weighted by atomic mass is 10.1. The first kappa shape index (κ1) is 17.3. The predicted molar refractivity (Wildman–Crippen MR) is 94.2 cm³/mol. The summed E-state index contributed by atoms with van der Waals surface area (Å²) in [6, 6.07) is 5.52. The average molecular weight is 344 g/mol. The number of anilines is 1. The van der Waals surface area contributed by atoms with E-state index in [1.165, 1.54) is 0 Å². The van der Waals surface area contributed by atoms with E-state index in [1.54, 1.807) is 11.1 Å². The van der Waals surface area contributed by atoms with Crippen molar-refractivity contribution in [2.45, 2.75) is 45.3 Å². The van der Waals surface area contributed by atoms with Gasteiger partial charge in [-0.2, -0.15) is 0 Å². The number of carbonyl (C=O) groups excluding carboxylic acids is 1. The number of aromatic nitrogens is 2. The van der Waals surface area contributed by atoms with Crippen LogP contribution in [0.2, 0.25) is 0 Å². The van der Waals surface area contributed by atoms with Crippen molar-refractivity contribution in [3.05, 3.63) is 30.2 Å². The van der Waals surface area contributed by atoms with Gasteiger partial charge in [0.25, 0.3) is 0 Å². The van der Waals surface area contributed by atoms with E-state index in [0.29, 0.717) is 18.0 Å². The number of rotatable bonds is 3. The van der Waals surface area contributed by atoms with Crippen LogP contribution in [0.1, 0.15) is 45.4 Å². The molecule has 7 nitrogen and oxygen atoms in total. The summed E-state index contributed by atoms with van der Waals surface area (Å²) >= 11 is 0. The van der Waals surface area contributed by atoms with Gasteiger partial charge in [0.2, 0.25) is 0 Å². The van der Waals surface area contributed by atoms with Gasteiger partial charge in [-0.25, -0.2) is 9.78 Å². The van der Waals surface area contributed by atoms with Gasteiger partial charge >= 0.3 is 6.09 Å². The first-order valence-corrected chi connectivity index (χ1v) is 8.48. The first-order valence-electron chi connectivity index (χ1n) is 8.48. The van der Waals surface area contributed by atoms with Crippen molar-refractivity contribution >= 4 is 11.9 Å². The third-order valence-corrected chi connectivity index (χ3v) is 4.06. The molecule has 1 N–H and O–H groups in total. The van der Waals surface area contributed by atoms with E-state index >= 15 is 0 Å². The van der Waals surface area contributed by atoms with Gasteiger partial charge in [-0.05, 0) is 45.7 Å². The van der Waals surface area contributed by atoms with Crippen molar-refractivity contribution < 1.29 is 14.1 Å². The van der Waals surface area contributed by atoms with Gasteiger partial charge in [-0.15, -0.1) is 0 Å². The zero-order chi connectivity index (χ0) is 18.0. The molecule has 0 spiro atoms. The number of pyridine rings is 1. The van der Waals surface area contributed by atoms with Crippen molar-refractivity contribution in [1.82, 2.24) is 15.0 Å². The van der Waals surface area contributed by atoms with Crippen LogP contribution in [0.15, 0.2) is 28.9 Å². The molecule has 3 heterocycles. The Morgan fingerprint density at radius 1 is 1.44 bits per heavy atom. The molecule has 1 aliphatic rings. The highest BCUT2D eigenvalue weighted by Crippen LogP contribution is 2.35. The third kappa shape index (κ3) is 3.75. The van der Waals surface area contributed by atoms with Gasteiger partial charge < -0.3 is 14.6 Å². The highest BCUT2D eigenvalue weighted by molar-refractivity contribution is 5.72. The minimum atomic E-state index is -0.520. The maximum Gasteiger partial charge on any atom is 0.410 e. The third-order valence-electron chi connectivity index (χ3n) is 4.06. The smallest absolute Gasteiger partial charge is 0.410 e. The second-order valence-electron chi connectivity index (χ2n) is 7.10. The quantitative estimate of drug-likeness (QED) is 0.911. The van der Waals surface area contributed by atoms with Crippen LogP contribution in [-0.2, 0) is 4.74 Å². The zero-order valence-corrected chi connectivity index (χ0v) is 15.1. The normalized spacial score (nSPS) is 17.6. The van der Waals surface area contributed by atoms with E-state index in [4.69, 9.17) is 9.26 Å². The molecule has 1 atom stereocenters. The fourth-order valence-corrected chi connectivity index (χ4v) is 2.99. The fourth-order valence-electron chi connectivity index (χ4n) is 2.99. The average Bonchev–Trinajstić information content (AvgIpc) is 3.22. The maximum absolute atomic E-state index is 12.4. The van der Waals surface area contributed by atoms with E-state index in [0.717, 1.165) is 24.2 Å². The van der Waals surface area contributed by atoms with Crippen LogP contribution in [0.4, 0.5) is 10.6 Å². The van der Waals surface area contributed by atoms with Crippen LogP contribution in [0.5, 0.6) is 0 Å². The number of likely N-dealkylation sites (tertiary alicyclic amines) is 1. The molecule has 0 radical (unpaired) electrons. The number of hydrogen-bond acceptors (Lipinski definition) is 6. The number of amides is 1. The van der Waals surface area contributed by atoms with Gasteiger partial charge in [0, 0.05) is 31.4 Å². The highest BCUT2D eigenvalue weighted by Gasteiger charge is 2.35. The van der Waals surface area contributed by atoms with Gasteiger partial charge in [-0.3, -0.25) is 4.90 Å². The van der Waals surface area contributed by atoms with Crippen LogP contribution in [0.3, 0.4) is 0 Å². The minimum absolute atomic E-state index is 0.147. The summed E-state index contributed by atoms with van der Waals surface area (Å²) in [6.45, 7) is 6.25. The summed E-state index contributed by atoms with van der Waals surface area (Å²) in [6.07, 6.45) is 3.15. The summed E-state index contributed by atoms with van der Waals surface area (Å²) in [4.78, 5) is 18.5. The predicted octanol–water partition coefficient (Wildman–Crippen LogP) is 3.85. The Hall–Kier alpha value is -2.57. The Kier molecular flexibility index (Phi) is 4.65. The van der Waals surface area contributed by atoms with Crippen molar-refractivity contribution in [3.63, 3.8) is 0 Å². The summed E-state index contributed by atoms with van der Waals surface area (Å²) in [7, 11) is 1.81. The molecule has 7 heteroatoms. The number of nitrogens with one attached hydrogen (secondary N) is 1. The lowest BCUT2D eigenvalue weighted by Gasteiger charge is -2.27. The van der Waals surface area contributed by atoms with E-state index in [2.05, 4.69) is 15.5 Å². The fraction of sp³-hybridized carbons (Fsp3) is 0.500. The van der Waals surface area contributed by atoms with Crippen LogP contribution in [0, 0.1) is 0 Å². The topological polar surface area (TPSA) is 80.5 Å². The second kappa shape index (κ2) is 6.74. The van der Waals surface area contributed by atoms with Crippen LogP contribution in [0.25, 0.3) is 11.3 Å². The van der Waals surface area contributed by atoms with E-state index in [1.807, 2.05) is 46.0 Å². The summed E-state index contributed by atoms with van der Waals surface area (Å²) < 4.78 is 11.1. The molecule has 1 unspecified atom stereocenters. The number of carbonyl (C=O) groups is 1. The Labute approximate surface area is 147 Å². The molecule has 0 bridgehead atoms. The molecule has 1 fully saturated rings. The van der Waals surface area contributed by atoms with Gasteiger partial charge in [0.05, 0.1) is 6.04 Å². The summed E-state index contributed by atoms with van der Waals surface area (Å²) in [5, 5.41) is 7.22. The van der Waals surface area contributed by atoms with Crippen molar-refractivity contribution in [2.24, 2.45) is 0 Å². The Bertz CT molecular complexity index is 751. The standard InChI is InChI=1S/C18H24N4O3/c1-18(2,3)24-17(23)22-10-6-8-14(22)15-11-13(21-25-15)12-7-5-9-20-16(12)19-4/h5,7,9,11,14H,6,8,10H2,1-4H3,(H,19,20). The summed E-state index contributed by atoms with van der Waals surface area (Å²) in [5.74, 6) is 1.40. The van der Waals surface area contributed by atoms with Crippen LogP contribution < -0.4 is 5.32 Å². The van der Waals surface area contributed by atoms with Crippen molar-refractivity contribution in [2.75, 3.05) is 18.9 Å². The van der Waals surface area contributed by atoms with Crippen LogP contribution in [-0.4, -0.2) is 40.3 Å². The molecule has 1 saturated heterocycles. The van der Waals surface area contributed by atoms with Crippen molar-refractivity contribution in [1.29, 1.82) is 0 Å². The maximum atomic E-state index is 12.4. The molecule has 2 aromatic rings. The van der Waals surface area contributed by atoms with Gasteiger partial charge in [0.15, 0.2) is 5.76 Å². The number of nitrogens with zero attached hydrogens (tertiary/aromatic N) is 3. The highest BCUT2D eigenvalue weighted by atomic mass is 16.6. The van der Waals surface area contributed by atoms with Gasteiger partial charge in [0.1, 0.15) is 17.1 Å². The van der Waals surface area contributed by atoms with E-state index in [-0.39, 0.29) is 12.1 Å². The largest absolute Gasteiger partial charge is 0.444 e. The lowest BCUT2D eigenvalue weighted by molar-refractivity contribution is 0.0204. The summed E-state index contributed by atoms with van der Waals surface area (Å²) in [5.41, 5.74) is 1.04. The molecule has 1 aliphatic heterocycles. The molecular weight excluding hydrogens is 320 g/mol. The lowest BCUT2D eigenvalue weighted by Crippen LogP contribution is -2.36. The van der Waals surface area contributed by atoms with E-state index < -0.39 is 5.60 Å². The molecule has 0 saturated carbocycles. The molecule has 1 amide bonds. The monoisotopic (exact) mass is 344 g/mol. The Morgan fingerprint density at radius 2 is 2.24 bits per heavy atom. The Balaban J connectivity index is 1.83. The SMILES string of the molecule is CNc1ncccc1-c1cc(C2CCCN2C(=O)OC(C)(C)C)on1. The van der Waals surface area contributed by atoms with Crippen LogP contribution >= 0.6 is 0 Å². The Morgan fingerprint density at radius 3 is 2.96 bits per heavy atom. The molecule has 0 aliphatic carbocycles. The van der Waals surface area contributed by atoms with Crippen molar-refractivity contribution in [3.8, 4) is 11.3 Å². The molecule has 25 heavy (non-hydrogen) atoms. The molecular formula is C18H24N4O3. The molecule has 0 aromatic carbocycles. The van der Waals surface area contributed by atoms with E-state index in [9.17, 15) is 4.79 Å².